The van der Waals surface area contributed by atoms with Crippen LogP contribution in [-0.2, 0) is 9.59 Å². The molecule has 0 saturated carbocycles. The summed E-state index contributed by atoms with van der Waals surface area (Å²) in [6, 6.07) is 1.84. The topological polar surface area (TPSA) is 94.3 Å². The molecule has 1 N–H and O–H groups in total. The van der Waals surface area contributed by atoms with Crippen LogP contribution in [-0.4, -0.2) is 89.6 Å². The van der Waals surface area contributed by atoms with Crippen molar-refractivity contribution in [3.8, 4) is 0 Å². The molecule has 0 aliphatic carbocycles. The maximum Gasteiger partial charge on any atom is 0.490 e. The number of aliphatic carboxylic acids is 1. The average Bonchev–Trinajstić information content (AvgIpc) is 3.45. The second kappa shape index (κ2) is 10.4. The zero-order valence-corrected chi connectivity index (χ0v) is 21.4. The van der Waals surface area contributed by atoms with Crippen molar-refractivity contribution < 1.29 is 37.1 Å². The molecule has 0 aromatic carbocycles. The summed E-state index contributed by atoms with van der Waals surface area (Å²) in [7, 11) is 0. The van der Waals surface area contributed by atoms with E-state index in [0.717, 1.165) is 57.5 Å². The number of halogens is 3. The fraction of sp³-hybridized carbons (Fsp3) is 0.720. The number of carboxylic acid groups (broad SMARTS) is 1. The summed E-state index contributed by atoms with van der Waals surface area (Å²) in [6.45, 7) is 14.5. The molecule has 1 aromatic rings. The molecule has 1 unspecified atom stereocenters. The van der Waals surface area contributed by atoms with E-state index in [-0.39, 0.29) is 16.7 Å². The third-order valence-corrected chi connectivity index (χ3v) is 7.85. The van der Waals surface area contributed by atoms with Crippen LogP contribution in [0.4, 0.5) is 13.2 Å². The molecule has 2 spiro atoms. The van der Waals surface area contributed by atoms with Crippen LogP contribution in [0.2, 0.25) is 0 Å². The molecule has 1 aromatic heterocycles. The van der Waals surface area contributed by atoms with Gasteiger partial charge in [-0.25, -0.2) is 4.79 Å². The van der Waals surface area contributed by atoms with Crippen LogP contribution in [0.15, 0.2) is 16.7 Å². The lowest BCUT2D eigenvalue weighted by Crippen LogP contribution is -2.53. The number of carbonyl (C=O) groups excluding carboxylic acids is 2. The highest BCUT2D eigenvalue weighted by molar-refractivity contribution is 5.93. The van der Waals surface area contributed by atoms with E-state index in [1.165, 1.54) is 0 Å². The van der Waals surface area contributed by atoms with Gasteiger partial charge in [0.05, 0.1) is 11.7 Å². The van der Waals surface area contributed by atoms with Crippen LogP contribution >= 0.6 is 0 Å². The molecule has 36 heavy (non-hydrogen) atoms. The van der Waals surface area contributed by atoms with Crippen LogP contribution in [0.25, 0.3) is 0 Å². The van der Waals surface area contributed by atoms with Crippen LogP contribution in [0.5, 0.6) is 0 Å². The average molecular weight is 516 g/mol. The summed E-state index contributed by atoms with van der Waals surface area (Å²) >= 11 is 0. The second-order valence-corrected chi connectivity index (χ2v) is 10.6. The lowest BCUT2D eigenvalue weighted by Gasteiger charge is -2.47. The third kappa shape index (κ3) is 5.26. The van der Waals surface area contributed by atoms with Crippen molar-refractivity contribution in [2.75, 3.05) is 45.8 Å². The lowest BCUT2D eigenvalue weighted by atomic mass is 9.60. The first-order valence-electron chi connectivity index (χ1n) is 12.4. The zero-order valence-electron chi connectivity index (χ0n) is 21.4. The molecule has 4 rings (SSSR count). The number of aryl methyl sites for hydroxylation is 1. The number of nitrogens with zero attached hydrogens (tertiary/aromatic N) is 3. The number of carboxylic acids is 1. The molecule has 3 aliphatic heterocycles. The van der Waals surface area contributed by atoms with Gasteiger partial charge in [0.1, 0.15) is 0 Å². The van der Waals surface area contributed by atoms with Crippen molar-refractivity contribution >= 4 is 17.8 Å². The number of likely N-dealkylation sites (tertiary alicyclic amines) is 3. The molecule has 2 amide bonds. The number of fused-ring (bicyclic) bond motifs is 1. The van der Waals surface area contributed by atoms with Gasteiger partial charge >= 0.3 is 12.1 Å². The Balaban J connectivity index is 0.000000454. The van der Waals surface area contributed by atoms with Gasteiger partial charge in [0.25, 0.3) is 5.91 Å². The monoisotopic (exact) mass is 515 g/mol. The molecule has 1 atom stereocenters. The summed E-state index contributed by atoms with van der Waals surface area (Å²) in [5.74, 6) is -1.37. The molecule has 3 aliphatic rings. The molecule has 0 radical (unpaired) electrons. The first kappa shape index (κ1) is 28.0. The molecule has 202 valence electrons. The fourth-order valence-corrected chi connectivity index (χ4v) is 6.12. The standard InChI is InChI=1S/C23H35N3O3.C2HF3O2/c1-5-25-12-9-23(21(25)28)16-24(14-17(2)3)15-22(23)7-10-26(11-8-22)20(27)19-18(4)6-13-29-19;3-2(4,5)1(6)7/h6,13,17H,5,7-12,14-16H2,1-4H3;(H,6,7). The molecule has 4 heterocycles. The van der Waals surface area contributed by atoms with E-state index in [0.29, 0.717) is 30.7 Å². The summed E-state index contributed by atoms with van der Waals surface area (Å²) < 4.78 is 37.2. The molecule has 11 heteroatoms. The Bertz CT molecular complexity index is 968. The normalized spacial score (nSPS) is 24.1. The molecular weight excluding hydrogens is 479 g/mol. The first-order valence-corrected chi connectivity index (χ1v) is 12.4. The van der Waals surface area contributed by atoms with Crippen molar-refractivity contribution in [3.63, 3.8) is 0 Å². The van der Waals surface area contributed by atoms with Crippen molar-refractivity contribution in [1.82, 2.24) is 14.7 Å². The van der Waals surface area contributed by atoms with E-state index >= 15 is 0 Å². The van der Waals surface area contributed by atoms with E-state index in [1.807, 2.05) is 22.8 Å². The van der Waals surface area contributed by atoms with Gasteiger partial charge in [-0.05, 0) is 45.1 Å². The largest absolute Gasteiger partial charge is 0.490 e. The quantitative estimate of drug-likeness (QED) is 0.658. The Morgan fingerprint density at radius 3 is 2.19 bits per heavy atom. The molecule has 0 bridgehead atoms. The van der Waals surface area contributed by atoms with Crippen LogP contribution in [0, 0.1) is 23.7 Å². The summed E-state index contributed by atoms with van der Waals surface area (Å²) in [5, 5.41) is 7.12. The molecule has 8 nitrogen and oxygen atoms in total. The number of amides is 2. The number of furan rings is 1. The number of carbonyl (C=O) groups is 3. The van der Waals surface area contributed by atoms with Gasteiger partial charge in [-0.2, -0.15) is 13.2 Å². The van der Waals surface area contributed by atoms with Crippen molar-refractivity contribution in [2.24, 2.45) is 16.7 Å². The van der Waals surface area contributed by atoms with Gasteiger partial charge in [-0.1, -0.05) is 13.8 Å². The summed E-state index contributed by atoms with van der Waals surface area (Å²) in [6.07, 6.45) is -0.743. The number of rotatable bonds is 4. The molecular formula is C25H36F3N3O5. The number of alkyl halides is 3. The summed E-state index contributed by atoms with van der Waals surface area (Å²) in [5.41, 5.74) is 0.603. The van der Waals surface area contributed by atoms with Crippen molar-refractivity contribution in [2.45, 2.75) is 53.1 Å². The van der Waals surface area contributed by atoms with E-state index in [2.05, 4.69) is 25.7 Å². The maximum atomic E-state index is 13.5. The minimum absolute atomic E-state index is 0.0126. The predicted octanol–water partition coefficient (Wildman–Crippen LogP) is 3.65. The Morgan fingerprint density at radius 2 is 1.75 bits per heavy atom. The van der Waals surface area contributed by atoms with Crippen molar-refractivity contribution in [1.29, 1.82) is 0 Å². The minimum Gasteiger partial charge on any atom is -0.475 e. The Hall–Kier alpha value is -2.56. The smallest absolute Gasteiger partial charge is 0.475 e. The predicted molar refractivity (Wildman–Crippen MR) is 125 cm³/mol. The van der Waals surface area contributed by atoms with Gasteiger partial charge in [-0.3, -0.25) is 9.59 Å². The second-order valence-electron chi connectivity index (χ2n) is 10.6. The highest BCUT2D eigenvalue weighted by Crippen LogP contribution is 2.58. The first-order chi connectivity index (χ1) is 16.8. The Labute approximate surface area is 209 Å². The van der Waals surface area contributed by atoms with Gasteiger partial charge in [-0.15, -0.1) is 0 Å². The number of hydrogen-bond donors (Lipinski definition) is 1. The van der Waals surface area contributed by atoms with Gasteiger partial charge in [0, 0.05) is 56.8 Å². The SMILES string of the molecule is CCN1CCC2(CN(CC(C)C)CC23CCN(C(=O)c2occc2C)CC3)C1=O.O=C(O)C(F)(F)F. The maximum absolute atomic E-state index is 13.5. The number of piperidine rings is 1. The highest BCUT2D eigenvalue weighted by Gasteiger charge is 2.65. The molecule has 3 saturated heterocycles. The van der Waals surface area contributed by atoms with E-state index in [9.17, 15) is 22.8 Å². The Kier molecular flexibility index (Phi) is 8.12. The highest BCUT2D eigenvalue weighted by atomic mass is 19.4. The van der Waals surface area contributed by atoms with E-state index in [1.54, 1.807) is 6.26 Å². The van der Waals surface area contributed by atoms with E-state index < -0.39 is 12.1 Å². The van der Waals surface area contributed by atoms with E-state index in [4.69, 9.17) is 14.3 Å². The van der Waals surface area contributed by atoms with Crippen LogP contribution < -0.4 is 0 Å². The molecule has 3 fully saturated rings. The third-order valence-electron chi connectivity index (χ3n) is 7.85. The number of hydrogen-bond acceptors (Lipinski definition) is 5. The zero-order chi connectivity index (χ0) is 26.9. The van der Waals surface area contributed by atoms with Gasteiger partial charge < -0.3 is 24.2 Å². The van der Waals surface area contributed by atoms with Crippen molar-refractivity contribution in [3.05, 3.63) is 23.7 Å². The summed E-state index contributed by atoms with van der Waals surface area (Å²) in [4.78, 5) is 41.8. The lowest BCUT2D eigenvalue weighted by molar-refractivity contribution is -0.192. The van der Waals surface area contributed by atoms with Gasteiger partial charge in [0.15, 0.2) is 5.76 Å². The van der Waals surface area contributed by atoms with Crippen LogP contribution in [0.3, 0.4) is 0 Å². The van der Waals surface area contributed by atoms with Crippen LogP contribution in [0.1, 0.15) is 56.2 Å². The fourth-order valence-electron chi connectivity index (χ4n) is 6.12. The minimum atomic E-state index is -5.08. The van der Waals surface area contributed by atoms with Gasteiger partial charge in [0.2, 0.25) is 5.91 Å². The Morgan fingerprint density at radius 1 is 1.14 bits per heavy atom.